The molecule has 0 aliphatic carbocycles. The topological polar surface area (TPSA) is 96.9 Å². The molecule has 6 heteroatoms. The molecule has 0 aromatic rings. The van der Waals surface area contributed by atoms with Gasteiger partial charge in [0.1, 0.15) is 0 Å². The molecule has 0 bridgehead atoms. The Morgan fingerprint density at radius 3 is 2.59 bits per heavy atom. The van der Waals surface area contributed by atoms with E-state index in [9.17, 15) is 4.79 Å². The molecule has 6 nitrogen and oxygen atoms in total. The van der Waals surface area contributed by atoms with Gasteiger partial charge in [-0.1, -0.05) is 5.16 Å². The van der Waals surface area contributed by atoms with E-state index in [1.54, 1.807) is 6.92 Å². The van der Waals surface area contributed by atoms with E-state index < -0.39 is 5.92 Å². The zero-order valence-electron chi connectivity index (χ0n) is 10.8. The Morgan fingerprint density at radius 1 is 1.41 bits per heavy atom. The zero-order chi connectivity index (χ0) is 13.3. The molecule has 0 aromatic heterocycles. The van der Waals surface area contributed by atoms with E-state index in [0.717, 1.165) is 12.8 Å². The smallest absolute Gasteiger partial charge is 0.230 e. The van der Waals surface area contributed by atoms with Gasteiger partial charge in [-0.3, -0.25) is 4.79 Å². The highest BCUT2D eigenvalue weighted by Crippen LogP contribution is 1.96. The van der Waals surface area contributed by atoms with Crippen LogP contribution in [0.1, 0.15) is 33.6 Å². The molecular weight excluding hydrogens is 222 g/mol. The van der Waals surface area contributed by atoms with Gasteiger partial charge in [-0.2, -0.15) is 0 Å². The second-order valence-electron chi connectivity index (χ2n) is 4.16. The maximum Gasteiger partial charge on any atom is 0.230 e. The van der Waals surface area contributed by atoms with Crippen molar-refractivity contribution in [2.24, 2.45) is 16.8 Å². The Balaban J connectivity index is 3.58. The summed E-state index contributed by atoms with van der Waals surface area (Å²) in [5.41, 5.74) is 5.32. The zero-order valence-corrected chi connectivity index (χ0v) is 10.8. The van der Waals surface area contributed by atoms with E-state index in [1.807, 2.05) is 13.8 Å². The summed E-state index contributed by atoms with van der Waals surface area (Å²) in [6.07, 6.45) is 1.99. The molecule has 0 heterocycles. The molecule has 100 valence electrons. The molecule has 1 unspecified atom stereocenters. The molecule has 0 saturated heterocycles. The highest BCUT2D eigenvalue weighted by Gasteiger charge is 2.16. The van der Waals surface area contributed by atoms with Crippen molar-refractivity contribution in [3.05, 3.63) is 0 Å². The van der Waals surface area contributed by atoms with Crippen LogP contribution in [0, 0.1) is 5.92 Å². The van der Waals surface area contributed by atoms with Crippen molar-refractivity contribution in [1.29, 1.82) is 0 Å². The number of amides is 1. The maximum atomic E-state index is 11.5. The summed E-state index contributed by atoms with van der Waals surface area (Å²) in [5.74, 6) is -0.914. The van der Waals surface area contributed by atoms with Gasteiger partial charge in [0.05, 0.1) is 12.0 Å². The van der Waals surface area contributed by atoms with Crippen molar-refractivity contribution in [2.75, 3.05) is 13.2 Å². The van der Waals surface area contributed by atoms with Crippen molar-refractivity contribution in [3.8, 4) is 0 Å². The van der Waals surface area contributed by atoms with Crippen LogP contribution in [-0.2, 0) is 9.53 Å². The van der Waals surface area contributed by atoms with Gasteiger partial charge < -0.3 is 21.0 Å². The summed E-state index contributed by atoms with van der Waals surface area (Å²) >= 11 is 0. The van der Waals surface area contributed by atoms with E-state index in [1.165, 1.54) is 0 Å². The normalized spacial score (nSPS) is 13.8. The van der Waals surface area contributed by atoms with E-state index in [4.69, 9.17) is 15.7 Å². The lowest BCUT2D eigenvalue weighted by molar-refractivity contribution is -0.122. The summed E-state index contributed by atoms with van der Waals surface area (Å²) < 4.78 is 5.37. The average Bonchev–Trinajstić information content (AvgIpc) is 2.30. The Labute approximate surface area is 102 Å². The Morgan fingerprint density at radius 2 is 2.06 bits per heavy atom. The summed E-state index contributed by atoms with van der Waals surface area (Å²) in [5, 5.41) is 13.9. The number of carbonyl (C=O) groups excluding carboxylic acids is 1. The van der Waals surface area contributed by atoms with Crippen LogP contribution in [0.25, 0.3) is 0 Å². The van der Waals surface area contributed by atoms with E-state index in [0.29, 0.717) is 13.2 Å². The number of ether oxygens (including phenoxy) is 1. The summed E-state index contributed by atoms with van der Waals surface area (Å²) in [6.45, 7) is 6.83. The minimum atomic E-state index is -0.605. The Hall–Kier alpha value is -1.30. The SMILES string of the molecule is CC(C)OCCCCNC(=O)C(C)C(N)=NO. The van der Waals surface area contributed by atoms with Crippen LogP contribution in [0.5, 0.6) is 0 Å². The third-order valence-electron chi connectivity index (χ3n) is 2.27. The first-order valence-corrected chi connectivity index (χ1v) is 5.85. The van der Waals surface area contributed by atoms with Gasteiger partial charge >= 0.3 is 0 Å². The third kappa shape index (κ3) is 7.57. The molecule has 17 heavy (non-hydrogen) atoms. The summed E-state index contributed by atoms with van der Waals surface area (Å²) in [4.78, 5) is 11.5. The molecule has 1 atom stereocenters. The first-order chi connectivity index (χ1) is 7.99. The number of nitrogens with two attached hydrogens (primary N) is 1. The average molecular weight is 245 g/mol. The molecule has 0 saturated carbocycles. The number of carbonyl (C=O) groups is 1. The Bertz CT molecular complexity index is 254. The molecule has 0 spiro atoms. The fraction of sp³-hybridized carbons (Fsp3) is 0.818. The van der Waals surface area contributed by atoms with Crippen LogP contribution >= 0.6 is 0 Å². The van der Waals surface area contributed by atoms with Gasteiger partial charge in [-0.05, 0) is 33.6 Å². The minimum absolute atomic E-state index is 0.0781. The summed E-state index contributed by atoms with van der Waals surface area (Å²) in [7, 11) is 0. The van der Waals surface area contributed by atoms with Crippen LogP contribution in [0.2, 0.25) is 0 Å². The quantitative estimate of drug-likeness (QED) is 0.193. The first-order valence-electron chi connectivity index (χ1n) is 5.85. The van der Waals surface area contributed by atoms with E-state index in [2.05, 4.69) is 10.5 Å². The number of hydrogen-bond acceptors (Lipinski definition) is 4. The highest BCUT2D eigenvalue weighted by molar-refractivity contribution is 6.01. The number of hydrogen-bond donors (Lipinski definition) is 3. The second-order valence-corrected chi connectivity index (χ2v) is 4.16. The molecule has 1 amide bonds. The molecule has 4 N–H and O–H groups in total. The van der Waals surface area contributed by atoms with Crippen LogP contribution in [0.3, 0.4) is 0 Å². The first kappa shape index (κ1) is 15.7. The molecule has 0 fully saturated rings. The fourth-order valence-corrected chi connectivity index (χ4v) is 1.13. The third-order valence-corrected chi connectivity index (χ3v) is 2.27. The largest absolute Gasteiger partial charge is 0.409 e. The number of nitrogens with zero attached hydrogens (tertiary/aromatic N) is 1. The molecule has 0 aliphatic heterocycles. The van der Waals surface area contributed by atoms with Crippen LogP contribution in [0.15, 0.2) is 5.16 Å². The minimum Gasteiger partial charge on any atom is -0.409 e. The highest BCUT2D eigenvalue weighted by atomic mass is 16.5. The second kappa shape index (κ2) is 8.81. The standard InChI is InChI=1S/C11H23N3O3/c1-8(2)17-7-5-4-6-13-11(15)9(3)10(12)14-16/h8-9,16H,4-7H2,1-3H3,(H2,12,14)(H,13,15). The lowest BCUT2D eigenvalue weighted by Gasteiger charge is -2.11. The van der Waals surface area contributed by atoms with Crippen LogP contribution < -0.4 is 11.1 Å². The van der Waals surface area contributed by atoms with Crippen molar-refractivity contribution in [1.82, 2.24) is 5.32 Å². The summed E-state index contributed by atoms with van der Waals surface area (Å²) in [6, 6.07) is 0. The van der Waals surface area contributed by atoms with Crippen molar-refractivity contribution in [2.45, 2.75) is 39.7 Å². The van der Waals surface area contributed by atoms with Crippen molar-refractivity contribution < 1.29 is 14.7 Å². The molecule has 0 radical (unpaired) electrons. The molecule has 0 aliphatic rings. The van der Waals surface area contributed by atoms with Gasteiger partial charge in [-0.15, -0.1) is 0 Å². The van der Waals surface area contributed by atoms with Crippen LogP contribution in [-0.4, -0.2) is 36.2 Å². The number of rotatable bonds is 8. The van der Waals surface area contributed by atoms with Crippen LogP contribution in [0.4, 0.5) is 0 Å². The van der Waals surface area contributed by atoms with Gasteiger partial charge in [-0.25, -0.2) is 0 Å². The fourth-order valence-electron chi connectivity index (χ4n) is 1.13. The Kier molecular flexibility index (Phi) is 8.13. The number of amidine groups is 1. The van der Waals surface area contributed by atoms with E-state index in [-0.39, 0.29) is 17.8 Å². The van der Waals surface area contributed by atoms with Gasteiger partial charge in [0, 0.05) is 13.2 Å². The lowest BCUT2D eigenvalue weighted by Crippen LogP contribution is -2.37. The number of oxime groups is 1. The van der Waals surface area contributed by atoms with Crippen molar-refractivity contribution >= 4 is 11.7 Å². The predicted octanol–water partition coefficient (Wildman–Crippen LogP) is 0.690. The van der Waals surface area contributed by atoms with Gasteiger partial charge in [0.2, 0.25) is 5.91 Å². The van der Waals surface area contributed by atoms with Gasteiger partial charge in [0.15, 0.2) is 5.84 Å². The number of unbranched alkanes of at least 4 members (excludes halogenated alkanes) is 1. The molecule has 0 rings (SSSR count). The van der Waals surface area contributed by atoms with Crippen molar-refractivity contribution in [3.63, 3.8) is 0 Å². The lowest BCUT2D eigenvalue weighted by atomic mass is 10.1. The number of nitrogens with one attached hydrogen (secondary N) is 1. The molecule has 0 aromatic carbocycles. The predicted molar refractivity (Wildman–Crippen MR) is 65.9 cm³/mol. The van der Waals surface area contributed by atoms with E-state index >= 15 is 0 Å². The van der Waals surface area contributed by atoms with Gasteiger partial charge in [0.25, 0.3) is 0 Å². The molecular formula is C11H23N3O3. The monoisotopic (exact) mass is 245 g/mol. The maximum absolute atomic E-state index is 11.5.